The average Bonchev–Trinajstić information content (AvgIpc) is 2.38. The molecule has 0 amide bonds. The number of nitrogens with one attached hydrogen (secondary N) is 1. The summed E-state index contributed by atoms with van der Waals surface area (Å²) in [7, 11) is 0. The maximum absolute atomic E-state index is 9.46. The standard InChI is InChI=1S/C12H19ClN4O2/c1-2-19-12-16-10(13)15-11(17-12)14-7-8-3-5-9(18)6-4-8/h8-9,18H,2-7H2,1H3,(H,14,15,16,17). The van der Waals surface area contributed by atoms with E-state index in [-0.39, 0.29) is 17.4 Å². The summed E-state index contributed by atoms with van der Waals surface area (Å²) in [6.07, 6.45) is 3.65. The van der Waals surface area contributed by atoms with E-state index in [9.17, 15) is 5.11 Å². The van der Waals surface area contributed by atoms with Gasteiger partial charge in [0.25, 0.3) is 0 Å². The number of hydrogen-bond acceptors (Lipinski definition) is 6. The number of rotatable bonds is 5. The molecule has 0 bridgehead atoms. The predicted molar refractivity (Wildman–Crippen MR) is 72.5 cm³/mol. The Labute approximate surface area is 117 Å². The molecule has 106 valence electrons. The molecule has 2 N–H and O–H groups in total. The molecule has 0 radical (unpaired) electrons. The smallest absolute Gasteiger partial charge is 0.322 e. The number of aromatic nitrogens is 3. The van der Waals surface area contributed by atoms with Crippen molar-refractivity contribution in [2.24, 2.45) is 5.92 Å². The molecule has 1 aliphatic rings. The van der Waals surface area contributed by atoms with Crippen LogP contribution >= 0.6 is 11.6 Å². The van der Waals surface area contributed by atoms with Crippen LogP contribution < -0.4 is 10.1 Å². The van der Waals surface area contributed by atoms with Crippen LogP contribution in [0.5, 0.6) is 6.01 Å². The Balaban J connectivity index is 1.88. The van der Waals surface area contributed by atoms with Crippen LogP contribution in [-0.4, -0.2) is 39.3 Å². The van der Waals surface area contributed by atoms with Gasteiger partial charge in [-0.1, -0.05) is 0 Å². The maximum atomic E-state index is 9.46. The second-order valence-corrected chi connectivity index (χ2v) is 5.04. The summed E-state index contributed by atoms with van der Waals surface area (Å²) < 4.78 is 5.21. The molecule has 1 saturated carbocycles. The summed E-state index contributed by atoms with van der Waals surface area (Å²) in [6.45, 7) is 3.12. The van der Waals surface area contributed by atoms with Gasteiger partial charge in [-0.05, 0) is 50.1 Å². The Morgan fingerprint density at radius 3 is 2.68 bits per heavy atom. The first-order valence-corrected chi connectivity index (χ1v) is 7.01. The zero-order valence-electron chi connectivity index (χ0n) is 11.0. The Kier molecular flexibility index (Phi) is 5.15. The van der Waals surface area contributed by atoms with Crippen LogP contribution in [0.15, 0.2) is 0 Å². The van der Waals surface area contributed by atoms with Gasteiger partial charge in [-0.3, -0.25) is 0 Å². The van der Waals surface area contributed by atoms with Crippen LogP contribution in [0.4, 0.5) is 5.95 Å². The van der Waals surface area contributed by atoms with Crippen LogP contribution in [0.2, 0.25) is 5.28 Å². The van der Waals surface area contributed by atoms with Gasteiger partial charge in [0.1, 0.15) is 0 Å². The molecule has 0 spiro atoms. The van der Waals surface area contributed by atoms with Crippen LogP contribution in [0, 0.1) is 5.92 Å². The quantitative estimate of drug-likeness (QED) is 0.860. The predicted octanol–water partition coefficient (Wildman–Crippen LogP) is 1.89. The average molecular weight is 287 g/mol. The van der Waals surface area contributed by atoms with E-state index >= 15 is 0 Å². The van der Waals surface area contributed by atoms with Gasteiger partial charge in [0, 0.05) is 6.54 Å². The molecule has 6 nitrogen and oxygen atoms in total. The molecular formula is C12H19ClN4O2. The highest BCUT2D eigenvalue weighted by Crippen LogP contribution is 2.24. The van der Waals surface area contributed by atoms with Gasteiger partial charge in [-0.2, -0.15) is 15.0 Å². The second kappa shape index (κ2) is 6.86. The molecule has 1 aromatic heterocycles. The molecule has 1 fully saturated rings. The first kappa shape index (κ1) is 14.3. The minimum absolute atomic E-state index is 0.125. The minimum Gasteiger partial charge on any atom is -0.464 e. The zero-order chi connectivity index (χ0) is 13.7. The number of aliphatic hydroxyl groups excluding tert-OH is 1. The molecule has 0 saturated heterocycles. The molecule has 7 heteroatoms. The van der Waals surface area contributed by atoms with E-state index in [0.717, 1.165) is 32.2 Å². The molecule has 0 aliphatic heterocycles. The van der Waals surface area contributed by atoms with Crippen molar-refractivity contribution in [2.75, 3.05) is 18.5 Å². The van der Waals surface area contributed by atoms with E-state index in [1.165, 1.54) is 0 Å². The monoisotopic (exact) mass is 286 g/mol. The van der Waals surface area contributed by atoms with Gasteiger partial charge in [-0.15, -0.1) is 0 Å². The third kappa shape index (κ3) is 4.47. The van der Waals surface area contributed by atoms with E-state index in [1.807, 2.05) is 6.92 Å². The third-order valence-corrected chi connectivity index (χ3v) is 3.40. The highest BCUT2D eigenvalue weighted by atomic mass is 35.5. The zero-order valence-corrected chi connectivity index (χ0v) is 11.7. The number of anilines is 1. The van der Waals surface area contributed by atoms with Crippen molar-refractivity contribution in [3.05, 3.63) is 5.28 Å². The lowest BCUT2D eigenvalue weighted by atomic mass is 9.87. The fraction of sp³-hybridized carbons (Fsp3) is 0.750. The van der Waals surface area contributed by atoms with Crippen molar-refractivity contribution in [1.29, 1.82) is 0 Å². The molecule has 2 rings (SSSR count). The van der Waals surface area contributed by atoms with Crippen molar-refractivity contribution < 1.29 is 9.84 Å². The molecular weight excluding hydrogens is 268 g/mol. The Morgan fingerprint density at radius 2 is 2.00 bits per heavy atom. The number of halogens is 1. The molecule has 0 atom stereocenters. The molecule has 1 heterocycles. The molecule has 1 aromatic rings. The summed E-state index contributed by atoms with van der Waals surface area (Å²) in [6, 6.07) is 0.240. The number of hydrogen-bond donors (Lipinski definition) is 2. The van der Waals surface area contributed by atoms with Crippen molar-refractivity contribution in [2.45, 2.75) is 38.7 Å². The van der Waals surface area contributed by atoms with Crippen LogP contribution in [-0.2, 0) is 0 Å². The summed E-state index contributed by atoms with van der Waals surface area (Å²) in [5.41, 5.74) is 0. The van der Waals surface area contributed by atoms with Crippen LogP contribution in [0.1, 0.15) is 32.6 Å². The minimum atomic E-state index is -0.132. The summed E-state index contributed by atoms with van der Waals surface area (Å²) in [4.78, 5) is 12.0. The SMILES string of the molecule is CCOc1nc(Cl)nc(NCC2CCC(O)CC2)n1. The van der Waals surface area contributed by atoms with Gasteiger partial charge in [0.2, 0.25) is 11.2 Å². The van der Waals surface area contributed by atoms with Gasteiger partial charge < -0.3 is 15.2 Å². The van der Waals surface area contributed by atoms with Gasteiger partial charge >= 0.3 is 6.01 Å². The lowest BCUT2D eigenvalue weighted by Gasteiger charge is -2.25. The van der Waals surface area contributed by atoms with Crippen molar-refractivity contribution in [1.82, 2.24) is 15.0 Å². The number of nitrogens with zero attached hydrogens (tertiary/aromatic N) is 3. The Bertz CT molecular complexity index is 411. The van der Waals surface area contributed by atoms with Gasteiger partial charge in [0.15, 0.2) is 0 Å². The summed E-state index contributed by atoms with van der Waals surface area (Å²) in [5, 5.41) is 12.7. The maximum Gasteiger partial charge on any atom is 0.322 e. The Hall–Kier alpha value is -1.14. The topological polar surface area (TPSA) is 80.2 Å². The van der Waals surface area contributed by atoms with E-state index < -0.39 is 0 Å². The fourth-order valence-electron chi connectivity index (χ4n) is 2.19. The number of aliphatic hydroxyl groups is 1. The summed E-state index contributed by atoms with van der Waals surface area (Å²) in [5.74, 6) is 0.976. The highest BCUT2D eigenvalue weighted by Gasteiger charge is 2.19. The largest absolute Gasteiger partial charge is 0.464 e. The fourth-order valence-corrected chi connectivity index (χ4v) is 2.34. The number of ether oxygens (including phenoxy) is 1. The molecule has 0 unspecified atom stereocenters. The van der Waals surface area contributed by atoms with Crippen molar-refractivity contribution >= 4 is 17.5 Å². The lowest BCUT2D eigenvalue weighted by Crippen LogP contribution is -2.24. The first-order valence-electron chi connectivity index (χ1n) is 6.63. The van der Waals surface area contributed by atoms with Gasteiger partial charge in [0.05, 0.1) is 12.7 Å². The van der Waals surface area contributed by atoms with E-state index in [1.54, 1.807) is 0 Å². The van der Waals surface area contributed by atoms with Crippen LogP contribution in [0.3, 0.4) is 0 Å². The van der Waals surface area contributed by atoms with Gasteiger partial charge in [-0.25, -0.2) is 0 Å². The molecule has 0 aromatic carbocycles. The van der Waals surface area contributed by atoms with E-state index in [2.05, 4.69) is 20.3 Å². The first-order chi connectivity index (χ1) is 9.17. The Morgan fingerprint density at radius 1 is 1.26 bits per heavy atom. The van der Waals surface area contributed by atoms with Crippen LogP contribution in [0.25, 0.3) is 0 Å². The lowest BCUT2D eigenvalue weighted by molar-refractivity contribution is 0.111. The van der Waals surface area contributed by atoms with Crippen molar-refractivity contribution in [3.8, 4) is 6.01 Å². The summed E-state index contributed by atoms with van der Waals surface area (Å²) >= 11 is 5.81. The van der Waals surface area contributed by atoms with E-state index in [4.69, 9.17) is 16.3 Å². The normalized spacial score (nSPS) is 23.1. The third-order valence-electron chi connectivity index (χ3n) is 3.23. The van der Waals surface area contributed by atoms with E-state index in [0.29, 0.717) is 18.5 Å². The highest BCUT2D eigenvalue weighted by molar-refractivity contribution is 6.28. The molecule has 19 heavy (non-hydrogen) atoms. The van der Waals surface area contributed by atoms with Crippen molar-refractivity contribution in [3.63, 3.8) is 0 Å². The molecule has 1 aliphatic carbocycles. The second-order valence-electron chi connectivity index (χ2n) is 4.70.